The van der Waals surface area contributed by atoms with Crippen LogP contribution in [0.3, 0.4) is 0 Å². The van der Waals surface area contributed by atoms with E-state index in [-0.39, 0.29) is 23.2 Å². The summed E-state index contributed by atoms with van der Waals surface area (Å²) in [4.78, 5) is 34.1. The zero-order valence-electron chi connectivity index (χ0n) is 15.6. The van der Waals surface area contributed by atoms with Crippen molar-refractivity contribution in [3.8, 4) is 12.0 Å². The molecule has 3 aromatic rings. The molecule has 2 aromatic heterocycles. The van der Waals surface area contributed by atoms with Gasteiger partial charge in [-0.3, -0.25) is 9.59 Å². The number of carbonyl (C=O) groups excluding carboxylic acids is 1. The number of carbonyl (C=O) groups is 1. The lowest BCUT2D eigenvalue weighted by Crippen LogP contribution is -2.49. The number of aromatic nitrogens is 5. The summed E-state index contributed by atoms with van der Waals surface area (Å²) in [6.45, 7) is 0. The van der Waals surface area contributed by atoms with Crippen molar-refractivity contribution in [3.63, 3.8) is 0 Å². The van der Waals surface area contributed by atoms with Gasteiger partial charge in [0.05, 0.1) is 22.7 Å². The minimum absolute atomic E-state index is 0.0301. The Kier molecular flexibility index (Phi) is 5.31. The lowest BCUT2D eigenvalue weighted by Gasteiger charge is -2.31. The van der Waals surface area contributed by atoms with Gasteiger partial charge in [-0.15, -0.1) is 0 Å². The Morgan fingerprint density at radius 2 is 2.10 bits per heavy atom. The molecule has 1 aliphatic rings. The van der Waals surface area contributed by atoms with Crippen LogP contribution in [-0.4, -0.2) is 41.9 Å². The molecule has 9 nitrogen and oxygen atoms in total. The van der Waals surface area contributed by atoms with Gasteiger partial charge in [-0.1, -0.05) is 43.2 Å². The lowest BCUT2D eigenvalue weighted by atomic mass is 9.83. The predicted octanol–water partition coefficient (Wildman–Crippen LogP) is 1.94. The Morgan fingerprint density at radius 1 is 1.31 bits per heavy atom. The highest BCUT2D eigenvalue weighted by atomic mass is 32.2. The molecular formula is C19H19N7O2S. The van der Waals surface area contributed by atoms with Crippen LogP contribution in [-0.2, 0) is 4.79 Å². The van der Waals surface area contributed by atoms with Gasteiger partial charge in [0.25, 0.3) is 5.56 Å². The van der Waals surface area contributed by atoms with E-state index in [0.29, 0.717) is 28.9 Å². The number of nitriles is 1. The summed E-state index contributed by atoms with van der Waals surface area (Å²) in [5.74, 6) is 0.00410. The fourth-order valence-corrected chi connectivity index (χ4v) is 4.35. The SMILES string of the molecule is N#CC1(NC(=O)CSc2nc3ccccc3c(=O)n2-c2ncn[nH]2)CCCCC1. The molecule has 148 valence electrons. The Hall–Kier alpha value is -3.19. The van der Waals surface area contributed by atoms with Crippen molar-refractivity contribution < 1.29 is 4.79 Å². The first-order chi connectivity index (χ1) is 14.1. The molecule has 1 amide bonds. The molecule has 0 radical (unpaired) electrons. The van der Waals surface area contributed by atoms with E-state index in [9.17, 15) is 14.9 Å². The fraction of sp³-hybridized carbons (Fsp3) is 0.368. The monoisotopic (exact) mass is 409 g/mol. The molecule has 1 fully saturated rings. The summed E-state index contributed by atoms with van der Waals surface area (Å²) in [6, 6.07) is 9.29. The standard InChI is InChI=1S/C19H19N7O2S/c20-11-19(8-4-1-5-9-19)24-15(27)10-29-18-23-14-7-3-2-6-13(14)16(28)26(18)17-21-12-22-25-17/h2-3,6-7,12H,1,4-5,8-10H2,(H,24,27)(H,21,22,25). The van der Waals surface area contributed by atoms with Crippen LogP contribution in [0.25, 0.3) is 16.9 Å². The molecule has 29 heavy (non-hydrogen) atoms. The fourth-order valence-electron chi connectivity index (χ4n) is 3.56. The Labute approximate surface area is 170 Å². The van der Waals surface area contributed by atoms with Crippen LogP contribution < -0.4 is 10.9 Å². The van der Waals surface area contributed by atoms with Crippen molar-refractivity contribution in [2.24, 2.45) is 0 Å². The second kappa shape index (κ2) is 8.05. The maximum Gasteiger partial charge on any atom is 0.269 e. The van der Waals surface area contributed by atoms with E-state index in [1.807, 2.05) is 0 Å². The van der Waals surface area contributed by atoms with E-state index in [4.69, 9.17) is 0 Å². The minimum Gasteiger partial charge on any atom is -0.337 e. The molecule has 1 aromatic carbocycles. The number of amides is 1. The van der Waals surface area contributed by atoms with Gasteiger partial charge in [-0.25, -0.2) is 14.6 Å². The highest BCUT2D eigenvalue weighted by Gasteiger charge is 2.33. The van der Waals surface area contributed by atoms with Gasteiger partial charge in [0.2, 0.25) is 11.9 Å². The highest BCUT2D eigenvalue weighted by Crippen LogP contribution is 2.28. The summed E-state index contributed by atoms with van der Waals surface area (Å²) >= 11 is 1.12. The molecule has 2 N–H and O–H groups in total. The summed E-state index contributed by atoms with van der Waals surface area (Å²) in [5, 5.41) is 19.7. The van der Waals surface area contributed by atoms with Crippen molar-refractivity contribution in [1.29, 1.82) is 5.26 Å². The van der Waals surface area contributed by atoms with Gasteiger partial charge in [-0.2, -0.15) is 15.3 Å². The average molecular weight is 409 g/mol. The summed E-state index contributed by atoms with van der Waals surface area (Å²) in [6.07, 6.45) is 5.57. The zero-order chi connectivity index (χ0) is 20.3. The van der Waals surface area contributed by atoms with Crippen LogP contribution in [0.2, 0.25) is 0 Å². The summed E-state index contributed by atoms with van der Waals surface area (Å²) in [5.41, 5.74) is -0.551. The lowest BCUT2D eigenvalue weighted by molar-refractivity contribution is -0.120. The number of nitrogens with one attached hydrogen (secondary N) is 2. The van der Waals surface area contributed by atoms with Crippen LogP contribution in [0.4, 0.5) is 0 Å². The molecule has 2 heterocycles. The normalized spacial score (nSPS) is 15.7. The third-order valence-corrected chi connectivity index (χ3v) is 5.93. The molecule has 0 bridgehead atoms. The first-order valence-electron chi connectivity index (χ1n) is 9.34. The van der Waals surface area contributed by atoms with Crippen molar-refractivity contribution >= 4 is 28.6 Å². The number of benzene rings is 1. The largest absolute Gasteiger partial charge is 0.337 e. The molecule has 10 heteroatoms. The van der Waals surface area contributed by atoms with E-state index in [1.165, 1.54) is 10.9 Å². The molecule has 1 saturated carbocycles. The van der Waals surface area contributed by atoms with Crippen LogP contribution >= 0.6 is 11.8 Å². The molecular weight excluding hydrogens is 390 g/mol. The molecule has 0 atom stereocenters. The highest BCUT2D eigenvalue weighted by molar-refractivity contribution is 7.99. The topological polar surface area (TPSA) is 129 Å². The van der Waals surface area contributed by atoms with Crippen LogP contribution in [0.5, 0.6) is 0 Å². The van der Waals surface area contributed by atoms with Gasteiger partial charge in [-0.05, 0) is 25.0 Å². The second-order valence-electron chi connectivity index (χ2n) is 6.95. The van der Waals surface area contributed by atoms with Gasteiger partial charge in [0, 0.05) is 0 Å². The molecule has 0 saturated heterocycles. The van der Waals surface area contributed by atoms with Gasteiger partial charge in [0.15, 0.2) is 5.16 Å². The third-order valence-electron chi connectivity index (χ3n) is 4.99. The van der Waals surface area contributed by atoms with Gasteiger partial charge in [0.1, 0.15) is 11.9 Å². The Bertz CT molecular complexity index is 1130. The summed E-state index contributed by atoms with van der Waals surface area (Å²) in [7, 11) is 0. The van der Waals surface area contributed by atoms with Crippen molar-refractivity contribution in [2.45, 2.75) is 42.8 Å². The van der Waals surface area contributed by atoms with E-state index in [1.54, 1.807) is 24.3 Å². The number of H-pyrrole nitrogens is 1. The second-order valence-corrected chi connectivity index (χ2v) is 7.90. The van der Waals surface area contributed by atoms with Crippen LogP contribution in [0, 0.1) is 11.3 Å². The Balaban J connectivity index is 1.61. The number of rotatable bonds is 5. The van der Waals surface area contributed by atoms with E-state index < -0.39 is 5.54 Å². The molecule has 4 rings (SSSR count). The van der Waals surface area contributed by atoms with E-state index in [0.717, 1.165) is 31.0 Å². The van der Waals surface area contributed by atoms with Crippen molar-refractivity contribution in [1.82, 2.24) is 30.0 Å². The van der Waals surface area contributed by atoms with Gasteiger partial charge >= 0.3 is 0 Å². The maximum absolute atomic E-state index is 13.0. The van der Waals surface area contributed by atoms with E-state index >= 15 is 0 Å². The molecule has 0 spiro atoms. The summed E-state index contributed by atoms with van der Waals surface area (Å²) < 4.78 is 1.31. The van der Waals surface area contributed by atoms with Gasteiger partial charge < -0.3 is 5.32 Å². The van der Waals surface area contributed by atoms with E-state index in [2.05, 4.69) is 31.6 Å². The third kappa shape index (κ3) is 3.86. The quantitative estimate of drug-likeness (QED) is 0.486. The van der Waals surface area contributed by atoms with Crippen LogP contribution in [0.15, 0.2) is 40.5 Å². The number of nitrogens with zero attached hydrogens (tertiary/aromatic N) is 5. The molecule has 1 aliphatic carbocycles. The smallest absolute Gasteiger partial charge is 0.269 e. The molecule has 0 aliphatic heterocycles. The average Bonchev–Trinajstić information content (AvgIpc) is 3.27. The van der Waals surface area contributed by atoms with Crippen molar-refractivity contribution in [3.05, 3.63) is 40.9 Å². The Morgan fingerprint density at radius 3 is 2.83 bits per heavy atom. The van der Waals surface area contributed by atoms with Crippen LogP contribution in [0.1, 0.15) is 32.1 Å². The maximum atomic E-state index is 13.0. The predicted molar refractivity (Wildman–Crippen MR) is 108 cm³/mol. The first-order valence-corrected chi connectivity index (χ1v) is 10.3. The zero-order valence-corrected chi connectivity index (χ0v) is 16.4. The number of hydrogen-bond acceptors (Lipinski definition) is 7. The number of hydrogen-bond donors (Lipinski definition) is 2. The number of fused-ring (bicyclic) bond motifs is 1. The molecule has 0 unspecified atom stereocenters. The number of thioether (sulfide) groups is 1. The van der Waals surface area contributed by atoms with Crippen molar-refractivity contribution in [2.75, 3.05) is 5.75 Å². The number of aromatic amines is 1. The first kappa shape index (κ1) is 19.1. The minimum atomic E-state index is -0.794. The number of para-hydroxylation sites is 1.